The van der Waals surface area contributed by atoms with E-state index in [9.17, 15) is 15.3 Å². The van der Waals surface area contributed by atoms with E-state index in [4.69, 9.17) is 0 Å². The van der Waals surface area contributed by atoms with E-state index >= 15 is 0 Å². The first-order valence-electron chi connectivity index (χ1n) is 10.2. The smallest absolute Gasteiger partial charge is 0.115 e. The van der Waals surface area contributed by atoms with Crippen LogP contribution in [0.15, 0.2) is 18.2 Å². The summed E-state index contributed by atoms with van der Waals surface area (Å²) in [6.45, 7) is 2.60. The van der Waals surface area contributed by atoms with Gasteiger partial charge in [0.25, 0.3) is 0 Å². The standard InChI is InChI=1S/C22H32O3/c1-22-10-9-18-17-6-5-16(24)13-15(17)12-14(4-2-3-11-23)21(18)19(22)7-8-20(22)25/h5-6,13-14,18-21,23-25H,2-4,7-12H2,1H3. The number of aliphatic hydroxyl groups excluding tert-OH is 2. The van der Waals surface area contributed by atoms with Gasteiger partial charge in [-0.2, -0.15) is 0 Å². The SMILES string of the molecule is CC12CCC3c4ccc(O)cc4CC(CCCCO)C3C1CCC2O. The molecule has 0 aromatic heterocycles. The quantitative estimate of drug-likeness (QED) is 0.724. The summed E-state index contributed by atoms with van der Waals surface area (Å²) in [5, 5.41) is 29.8. The molecule has 0 saturated heterocycles. The van der Waals surface area contributed by atoms with E-state index in [0.29, 0.717) is 29.4 Å². The van der Waals surface area contributed by atoms with E-state index in [-0.39, 0.29) is 18.1 Å². The van der Waals surface area contributed by atoms with Gasteiger partial charge < -0.3 is 15.3 Å². The van der Waals surface area contributed by atoms with Crippen molar-refractivity contribution in [1.29, 1.82) is 0 Å². The number of phenols is 1. The number of phenolic OH excluding ortho intramolecular Hbond substituents is 1. The van der Waals surface area contributed by atoms with Crippen LogP contribution in [0.4, 0.5) is 0 Å². The number of rotatable bonds is 4. The van der Waals surface area contributed by atoms with E-state index in [1.54, 1.807) is 0 Å². The largest absolute Gasteiger partial charge is 0.508 e. The second kappa shape index (κ2) is 6.59. The molecule has 0 heterocycles. The Morgan fingerprint density at radius 3 is 2.80 bits per heavy atom. The van der Waals surface area contributed by atoms with E-state index in [1.807, 2.05) is 12.1 Å². The topological polar surface area (TPSA) is 60.7 Å². The van der Waals surface area contributed by atoms with Gasteiger partial charge in [-0.3, -0.25) is 0 Å². The molecule has 3 nitrogen and oxygen atoms in total. The number of unbranched alkanes of at least 4 members (excludes halogenated alkanes) is 1. The summed E-state index contributed by atoms with van der Waals surface area (Å²) in [4.78, 5) is 0. The van der Waals surface area contributed by atoms with Crippen LogP contribution < -0.4 is 0 Å². The Morgan fingerprint density at radius 1 is 1.16 bits per heavy atom. The zero-order valence-corrected chi connectivity index (χ0v) is 15.3. The number of aliphatic hydroxyl groups is 2. The average molecular weight is 344 g/mol. The Balaban J connectivity index is 1.69. The first kappa shape index (κ1) is 17.4. The van der Waals surface area contributed by atoms with Gasteiger partial charge in [-0.25, -0.2) is 0 Å². The summed E-state index contributed by atoms with van der Waals surface area (Å²) in [5.74, 6) is 2.82. The highest BCUT2D eigenvalue weighted by Gasteiger charge is 2.56. The molecule has 0 bridgehead atoms. The number of fused-ring (bicyclic) bond motifs is 5. The maximum atomic E-state index is 10.6. The summed E-state index contributed by atoms with van der Waals surface area (Å²) in [6, 6.07) is 5.97. The molecular weight excluding hydrogens is 312 g/mol. The van der Waals surface area contributed by atoms with Crippen molar-refractivity contribution >= 4 is 0 Å². The number of hydrogen-bond acceptors (Lipinski definition) is 3. The summed E-state index contributed by atoms with van der Waals surface area (Å²) >= 11 is 0. The fraction of sp³-hybridized carbons (Fsp3) is 0.727. The Kier molecular flexibility index (Phi) is 4.57. The van der Waals surface area contributed by atoms with Gasteiger partial charge in [0.2, 0.25) is 0 Å². The molecule has 25 heavy (non-hydrogen) atoms. The fourth-order valence-corrected chi connectivity index (χ4v) is 6.55. The molecule has 2 fully saturated rings. The summed E-state index contributed by atoms with van der Waals surface area (Å²) in [6.07, 6.45) is 8.39. The third-order valence-corrected chi connectivity index (χ3v) is 7.82. The first-order chi connectivity index (χ1) is 12.0. The van der Waals surface area contributed by atoms with Crippen molar-refractivity contribution in [2.45, 2.75) is 70.3 Å². The predicted octanol–water partition coefficient (Wildman–Crippen LogP) is 4.00. The van der Waals surface area contributed by atoms with Gasteiger partial charge in [0.05, 0.1) is 6.10 Å². The second-order valence-corrected chi connectivity index (χ2v) is 8.99. The van der Waals surface area contributed by atoms with Crippen LogP contribution in [-0.4, -0.2) is 28.0 Å². The number of benzene rings is 1. The highest BCUT2D eigenvalue weighted by atomic mass is 16.3. The molecule has 3 aliphatic carbocycles. The second-order valence-electron chi connectivity index (χ2n) is 8.99. The van der Waals surface area contributed by atoms with E-state index in [2.05, 4.69) is 13.0 Å². The lowest BCUT2D eigenvalue weighted by Crippen LogP contribution is -2.47. The average Bonchev–Trinajstić information content (AvgIpc) is 2.90. The lowest BCUT2D eigenvalue weighted by Gasteiger charge is -2.53. The van der Waals surface area contributed by atoms with Gasteiger partial charge in [0.15, 0.2) is 0 Å². The van der Waals surface area contributed by atoms with Gasteiger partial charge >= 0.3 is 0 Å². The van der Waals surface area contributed by atoms with Crippen LogP contribution in [0.5, 0.6) is 5.75 Å². The van der Waals surface area contributed by atoms with Gasteiger partial charge in [0.1, 0.15) is 5.75 Å². The van der Waals surface area contributed by atoms with E-state index in [0.717, 1.165) is 51.4 Å². The molecule has 2 saturated carbocycles. The Hall–Kier alpha value is -1.06. The summed E-state index contributed by atoms with van der Waals surface area (Å²) in [7, 11) is 0. The van der Waals surface area contributed by atoms with Crippen molar-refractivity contribution in [3.8, 4) is 5.75 Å². The third kappa shape index (κ3) is 2.80. The van der Waals surface area contributed by atoms with Crippen LogP contribution in [0.1, 0.15) is 68.9 Å². The zero-order chi connectivity index (χ0) is 17.6. The highest BCUT2D eigenvalue weighted by molar-refractivity contribution is 5.40. The third-order valence-electron chi connectivity index (χ3n) is 7.82. The van der Waals surface area contributed by atoms with Crippen LogP contribution in [-0.2, 0) is 6.42 Å². The van der Waals surface area contributed by atoms with Gasteiger partial charge in [-0.1, -0.05) is 19.4 Å². The molecular formula is C22H32O3. The highest BCUT2D eigenvalue weighted by Crippen LogP contribution is 2.62. The van der Waals surface area contributed by atoms with Crippen LogP contribution in [0, 0.1) is 23.2 Å². The summed E-state index contributed by atoms with van der Waals surface area (Å²) < 4.78 is 0. The number of aromatic hydroxyl groups is 1. The predicted molar refractivity (Wildman–Crippen MR) is 98.5 cm³/mol. The fourth-order valence-electron chi connectivity index (χ4n) is 6.55. The van der Waals surface area contributed by atoms with Crippen LogP contribution in [0.25, 0.3) is 0 Å². The minimum atomic E-state index is -0.141. The van der Waals surface area contributed by atoms with Gasteiger partial charge in [-0.05, 0) is 97.3 Å². The molecule has 0 spiro atoms. The maximum Gasteiger partial charge on any atom is 0.115 e. The molecule has 4 rings (SSSR count). The molecule has 3 heteroatoms. The monoisotopic (exact) mass is 344 g/mol. The van der Waals surface area contributed by atoms with Crippen LogP contribution in [0.3, 0.4) is 0 Å². The lowest BCUT2D eigenvalue weighted by molar-refractivity contribution is -0.0397. The van der Waals surface area contributed by atoms with Crippen molar-refractivity contribution in [2.75, 3.05) is 6.61 Å². The molecule has 3 N–H and O–H groups in total. The van der Waals surface area contributed by atoms with Crippen molar-refractivity contribution in [1.82, 2.24) is 0 Å². The van der Waals surface area contributed by atoms with Gasteiger partial charge in [0, 0.05) is 6.61 Å². The van der Waals surface area contributed by atoms with Crippen molar-refractivity contribution in [3.63, 3.8) is 0 Å². The van der Waals surface area contributed by atoms with Crippen molar-refractivity contribution in [3.05, 3.63) is 29.3 Å². The molecule has 0 amide bonds. The lowest BCUT2D eigenvalue weighted by atomic mass is 9.52. The maximum absolute atomic E-state index is 10.6. The molecule has 6 unspecified atom stereocenters. The molecule has 0 radical (unpaired) electrons. The normalized spacial score (nSPS) is 39.6. The molecule has 1 aromatic rings. The molecule has 138 valence electrons. The van der Waals surface area contributed by atoms with Gasteiger partial charge in [-0.15, -0.1) is 0 Å². The van der Waals surface area contributed by atoms with Crippen molar-refractivity contribution < 1.29 is 15.3 Å². The molecule has 1 aromatic carbocycles. The number of hydrogen-bond donors (Lipinski definition) is 3. The van der Waals surface area contributed by atoms with E-state index in [1.165, 1.54) is 11.1 Å². The molecule has 6 atom stereocenters. The van der Waals surface area contributed by atoms with E-state index < -0.39 is 0 Å². The summed E-state index contributed by atoms with van der Waals surface area (Å²) in [5.41, 5.74) is 2.87. The minimum Gasteiger partial charge on any atom is -0.508 e. The zero-order valence-electron chi connectivity index (χ0n) is 15.3. The minimum absolute atomic E-state index is 0.0881. The Morgan fingerprint density at radius 2 is 2.00 bits per heavy atom. The first-order valence-corrected chi connectivity index (χ1v) is 10.2. The Bertz CT molecular complexity index is 628. The van der Waals surface area contributed by atoms with Crippen LogP contribution >= 0.6 is 0 Å². The molecule has 3 aliphatic rings. The van der Waals surface area contributed by atoms with Crippen molar-refractivity contribution in [2.24, 2.45) is 23.2 Å². The molecule has 0 aliphatic heterocycles. The van der Waals surface area contributed by atoms with Crippen LogP contribution in [0.2, 0.25) is 0 Å². The Labute approximate surface area is 151 Å².